The molecule has 0 aromatic heterocycles. The zero-order valence-corrected chi connectivity index (χ0v) is 21.4. The lowest BCUT2D eigenvalue weighted by Crippen LogP contribution is -2.40. The second-order valence-corrected chi connectivity index (χ2v) is 9.37. The lowest BCUT2D eigenvalue weighted by Gasteiger charge is -2.19. The number of sulfonamides is 1. The lowest BCUT2D eigenvalue weighted by atomic mass is 9.96. The maximum atomic E-state index is 13.6. The molecule has 0 spiro atoms. The maximum absolute atomic E-state index is 13.6. The predicted molar refractivity (Wildman–Crippen MR) is 134 cm³/mol. The van der Waals surface area contributed by atoms with Crippen molar-refractivity contribution in [1.82, 2.24) is 15.4 Å². The number of hydrogen-bond donors (Lipinski definition) is 3. The van der Waals surface area contributed by atoms with Crippen LogP contribution in [0.2, 0.25) is 0 Å². The van der Waals surface area contributed by atoms with E-state index in [4.69, 9.17) is 4.74 Å². The predicted octanol–water partition coefficient (Wildman–Crippen LogP) is 2.77. The van der Waals surface area contributed by atoms with Crippen LogP contribution in [0.4, 0.5) is 4.39 Å². The second kappa shape index (κ2) is 11.9. The monoisotopic (exact) mass is 576 g/mol. The van der Waals surface area contributed by atoms with E-state index in [1.807, 2.05) is 6.07 Å². The number of nitrogens with one attached hydrogen (secondary N) is 3. The number of hydrogen-bond acceptors (Lipinski definition) is 4. The van der Waals surface area contributed by atoms with Crippen LogP contribution in [0, 0.1) is 5.82 Å². The number of aliphatic imine (C=N–C) groups is 1. The standard InChI is InChI=1S/C22H29FN4O3S.HI/c1-24-21(26-16-22(10-11-22)18-4-3-5-19(23)14-18)25-15-17-6-8-20(9-7-17)31(28,29)27-12-13-30-2;/h3-9,14,27H,10-13,15-16H2,1-2H3,(H2,24,25,26);1H. The molecule has 0 aliphatic heterocycles. The number of halogens is 2. The van der Waals surface area contributed by atoms with E-state index in [-0.39, 0.29) is 46.6 Å². The molecule has 2 aromatic carbocycles. The van der Waals surface area contributed by atoms with Gasteiger partial charge in [0.15, 0.2) is 5.96 Å². The van der Waals surface area contributed by atoms with Gasteiger partial charge in [0.1, 0.15) is 5.82 Å². The van der Waals surface area contributed by atoms with Crippen LogP contribution in [0.5, 0.6) is 0 Å². The third-order valence-corrected chi connectivity index (χ3v) is 6.88. The van der Waals surface area contributed by atoms with Crippen LogP contribution in [0.3, 0.4) is 0 Å². The minimum absolute atomic E-state index is 0. The summed E-state index contributed by atoms with van der Waals surface area (Å²) >= 11 is 0. The molecular weight excluding hydrogens is 546 g/mol. The van der Waals surface area contributed by atoms with Crippen molar-refractivity contribution in [3.05, 3.63) is 65.5 Å². The average Bonchev–Trinajstić information content (AvgIpc) is 3.55. The topological polar surface area (TPSA) is 91.8 Å². The molecule has 32 heavy (non-hydrogen) atoms. The van der Waals surface area contributed by atoms with E-state index in [0.717, 1.165) is 24.0 Å². The van der Waals surface area contributed by atoms with E-state index < -0.39 is 10.0 Å². The quantitative estimate of drug-likeness (QED) is 0.175. The van der Waals surface area contributed by atoms with Crippen molar-refractivity contribution in [1.29, 1.82) is 0 Å². The van der Waals surface area contributed by atoms with Crippen LogP contribution in [0.25, 0.3) is 0 Å². The van der Waals surface area contributed by atoms with Crippen LogP contribution < -0.4 is 15.4 Å². The molecule has 1 aliphatic carbocycles. The van der Waals surface area contributed by atoms with Gasteiger partial charge in [-0.15, -0.1) is 24.0 Å². The normalized spacial score (nSPS) is 15.0. The van der Waals surface area contributed by atoms with Gasteiger partial charge in [0.05, 0.1) is 11.5 Å². The lowest BCUT2D eigenvalue weighted by molar-refractivity contribution is 0.204. The number of guanidine groups is 1. The summed E-state index contributed by atoms with van der Waals surface area (Å²) in [5.74, 6) is 0.422. The van der Waals surface area contributed by atoms with Crippen molar-refractivity contribution in [3.63, 3.8) is 0 Å². The highest BCUT2D eigenvalue weighted by Gasteiger charge is 2.44. The van der Waals surface area contributed by atoms with Gasteiger partial charge in [-0.25, -0.2) is 17.5 Å². The highest BCUT2D eigenvalue weighted by molar-refractivity contribution is 14.0. The molecular formula is C22H30FIN4O3S. The third-order valence-electron chi connectivity index (χ3n) is 5.40. The SMILES string of the molecule is CN=C(NCc1ccc(S(=O)(=O)NCCOC)cc1)NCC1(c2cccc(F)c2)CC1.I. The van der Waals surface area contributed by atoms with Gasteiger partial charge >= 0.3 is 0 Å². The van der Waals surface area contributed by atoms with Gasteiger partial charge in [0, 0.05) is 39.2 Å². The second-order valence-electron chi connectivity index (χ2n) is 7.60. The van der Waals surface area contributed by atoms with E-state index in [2.05, 4.69) is 20.3 Å². The van der Waals surface area contributed by atoms with Crippen molar-refractivity contribution in [2.75, 3.05) is 33.9 Å². The highest BCUT2D eigenvalue weighted by Crippen LogP contribution is 2.47. The Morgan fingerprint density at radius 3 is 2.47 bits per heavy atom. The Morgan fingerprint density at radius 2 is 1.88 bits per heavy atom. The van der Waals surface area contributed by atoms with Crippen LogP contribution >= 0.6 is 24.0 Å². The highest BCUT2D eigenvalue weighted by atomic mass is 127. The molecule has 2 aromatic rings. The van der Waals surface area contributed by atoms with Crippen molar-refractivity contribution >= 4 is 40.0 Å². The van der Waals surface area contributed by atoms with Crippen LogP contribution in [0.1, 0.15) is 24.0 Å². The Bertz CT molecular complexity index is 1010. The maximum Gasteiger partial charge on any atom is 0.240 e. The molecule has 3 N–H and O–H groups in total. The zero-order valence-electron chi connectivity index (χ0n) is 18.2. The third kappa shape index (κ3) is 7.12. The molecule has 3 rings (SSSR count). The first-order chi connectivity index (χ1) is 14.9. The molecule has 0 amide bonds. The molecule has 0 saturated heterocycles. The molecule has 0 bridgehead atoms. The van der Waals surface area contributed by atoms with E-state index in [0.29, 0.717) is 25.7 Å². The average molecular weight is 576 g/mol. The molecule has 176 valence electrons. The van der Waals surface area contributed by atoms with E-state index >= 15 is 0 Å². The summed E-state index contributed by atoms with van der Waals surface area (Å²) in [6.07, 6.45) is 2.02. The number of nitrogens with zero attached hydrogens (tertiary/aromatic N) is 1. The summed E-state index contributed by atoms with van der Waals surface area (Å²) in [4.78, 5) is 4.46. The fraction of sp³-hybridized carbons (Fsp3) is 0.409. The van der Waals surface area contributed by atoms with E-state index in [1.165, 1.54) is 13.2 Å². The molecule has 0 radical (unpaired) electrons. The van der Waals surface area contributed by atoms with Gasteiger partial charge in [-0.2, -0.15) is 0 Å². The molecule has 1 fully saturated rings. The first kappa shape index (κ1) is 26.5. The largest absolute Gasteiger partial charge is 0.383 e. The van der Waals surface area contributed by atoms with Crippen molar-refractivity contribution < 1.29 is 17.5 Å². The van der Waals surface area contributed by atoms with Crippen molar-refractivity contribution in [3.8, 4) is 0 Å². The number of methoxy groups -OCH3 is 1. The summed E-state index contributed by atoms with van der Waals surface area (Å²) in [5.41, 5.74) is 1.88. The Morgan fingerprint density at radius 1 is 1.16 bits per heavy atom. The molecule has 0 atom stereocenters. The number of benzene rings is 2. The van der Waals surface area contributed by atoms with Gasteiger partial charge < -0.3 is 15.4 Å². The van der Waals surface area contributed by atoms with E-state index in [1.54, 1.807) is 43.4 Å². The fourth-order valence-corrected chi connectivity index (χ4v) is 4.36. The number of rotatable bonds is 10. The van der Waals surface area contributed by atoms with E-state index in [9.17, 15) is 12.8 Å². The van der Waals surface area contributed by atoms with Crippen LogP contribution in [-0.2, 0) is 26.7 Å². The van der Waals surface area contributed by atoms with Gasteiger partial charge in [-0.05, 0) is 48.2 Å². The Labute approximate surface area is 206 Å². The summed E-state index contributed by atoms with van der Waals surface area (Å²) in [6, 6.07) is 13.4. The first-order valence-corrected chi connectivity index (χ1v) is 11.6. The van der Waals surface area contributed by atoms with Gasteiger partial charge in [0.2, 0.25) is 10.0 Å². The van der Waals surface area contributed by atoms with Crippen LogP contribution in [0.15, 0.2) is 58.4 Å². The smallest absolute Gasteiger partial charge is 0.240 e. The molecule has 10 heteroatoms. The van der Waals surface area contributed by atoms with Gasteiger partial charge in [-0.3, -0.25) is 4.99 Å². The summed E-state index contributed by atoms with van der Waals surface area (Å²) in [7, 11) is -0.334. The van der Waals surface area contributed by atoms with Crippen molar-refractivity contribution in [2.24, 2.45) is 4.99 Å². The summed E-state index contributed by atoms with van der Waals surface area (Å²) < 4.78 is 45.4. The fourth-order valence-electron chi connectivity index (χ4n) is 3.34. The Hall–Kier alpha value is -1.76. The Kier molecular flexibility index (Phi) is 9.86. The molecule has 1 aliphatic rings. The molecule has 0 unspecified atom stereocenters. The summed E-state index contributed by atoms with van der Waals surface area (Å²) in [6.45, 7) is 1.69. The summed E-state index contributed by atoms with van der Waals surface area (Å²) in [5, 5.41) is 6.56. The van der Waals surface area contributed by atoms with Crippen LogP contribution in [-0.4, -0.2) is 48.2 Å². The number of ether oxygens (including phenoxy) is 1. The minimum atomic E-state index is -3.55. The molecule has 1 saturated carbocycles. The zero-order chi connectivity index (χ0) is 22.3. The molecule has 7 nitrogen and oxygen atoms in total. The van der Waals surface area contributed by atoms with Gasteiger partial charge in [-0.1, -0.05) is 24.3 Å². The van der Waals surface area contributed by atoms with Crippen molar-refractivity contribution in [2.45, 2.75) is 29.7 Å². The van der Waals surface area contributed by atoms with Gasteiger partial charge in [0.25, 0.3) is 0 Å². The minimum Gasteiger partial charge on any atom is -0.383 e. The first-order valence-electron chi connectivity index (χ1n) is 10.2. The molecule has 0 heterocycles. The Balaban J connectivity index is 0.00000363.